The smallest absolute Gasteiger partial charge is 0.166 e. The van der Waals surface area contributed by atoms with Gasteiger partial charge in [0.25, 0.3) is 0 Å². The molecule has 0 saturated carbocycles. The number of hydrogen-bond acceptors (Lipinski definition) is 2. The SMILES string of the molecule is Cl.O=C(c1ccc(F)cc1)C1CCN(CCCc2c[nH]c3ccccc23)CC1. The van der Waals surface area contributed by atoms with Crippen LogP contribution in [0.2, 0.25) is 0 Å². The molecule has 0 atom stereocenters. The lowest BCUT2D eigenvalue weighted by atomic mass is 9.89. The lowest BCUT2D eigenvalue weighted by molar-refractivity contribution is 0.0839. The number of benzene rings is 2. The number of fused-ring (bicyclic) bond motifs is 1. The van der Waals surface area contributed by atoms with Gasteiger partial charge in [-0.25, -0.2) is 4.39 Å². The Morgan fingerprint density at radius 2 is 1.79 bits per heavy atom. The van der Waals surface area contributed by atoms with Gasteiger partial charge in [0.05, 0.1) is 0 Å². The molecular weight excluding hydrogens is 375 g/mol. The highest BCUT2D eigenvalue weighted by atomic mass is 35.5. The van der Waals surface area contributed by atoms with Crippen LogP contribution in [0.3, 0.4) is 0 Å². The molecule has 1 N–H and O–H groups in total. The molecule has 148 valence electrons. The van der Waals surface area contributed by atoms with Crippen LogP contribution >= 0.6 is 12.4 Å². The number of ketones is 1. The van der Waals surface area contributed by atoms with E-state index in [1.54, 1.807) is 12.1 Å². The third-order valence-electron chi connectivity index (χ3n) is 5.68. The fourth-order valence-electron chi connectivity index (χ4n) is 4.10. The van der Waals surface area contributed by atoms with Crippen molar-refractivity contribution in [3.05, 3.63) is 71.7 Å². The molecule has 0 amide bonds. The van der Waals surface area contributed by atoms with Gasteiger partial charge in [-0.1, -0.05) is 18.2 Å². The molecular formula is C23H26ClFN2O. The molecule has 3 nitrogen and oxygen atoms in total. The number of H-pyrrole nitrogens is 1. The zero-order chi connectivity index (χ0) is 18.6. The van der Waals surface area contributed by atoms with Crippen LogP contribution in [0, 0.1) is 11.7 Å². The van der Waals surface area contributed by atoms with Crippen LogP contribution in [-0.2, 0) is 6.42 Å². The summed E-state index contributed by atoms with van der Waals surface area (Å²) in [6, 6.07) is 14.4. The normalized spacial score (nSPS) is 15.5. The highest BCUT2D eigenvalue weighted by Crippen LogP contribution is 2.23. The van der Waals surface area contributed by atoms with Crippen molar-refractivity contribution in [2.24, 2.45) is 5.92 Å². The highest BCUT2D eigenvalue weighted by Gasteiger charge is 2.25. The predicted octanol–water partition coefficient (Wildman–Crippen LogP) is 5.26. The molecule has 0 radical (unpaired) electrons. The Bertz CT molecular complexity index is 914. The molecule has 4 rings (SSSR count). The minimum absolute atomic E-state index is 0. The van der Waals surface area contributed by atoms with Crippen molar-refractivity contribution in [3.63, 3.8) is 0 Å². The Labute approximate surface area is 171 Å². The lowest BCUT2D eigenvalue weighted by Crippen LogP contribution is -2.37. The summed E-state index contributed by atoms with van der Waals surface area (Å²) in [6.07, 6.45) is 6.10. The van der Waals surface area contributed by atoms with Crippen LogP contribution < -0.4 is 0 Å². The first-order valence-corrected chi connectivity index (χ1v) is 9.78. The number of piperidine rings is 1. The predicted molar refractivity (Wildman–Crippen MR) is 114 cm³/mol. The van der Waals surface area contributed by atoms with Gasteiger partial charge in [-0.15, -0.1) is 12.4 Å². The van der Waals surface area contributed by atoms with E-state index in [-0.39, 0.29) is 29.9 Å². The van der Waals surface area contributed by atoms with E-state index >= 15 is 0 Å². The summed E-state index contributed by atoms with van der Waals surface area (Å²) < 4.78 is 13.0. The van der Waals surface area contributed by atoms with Crippen LogP contribution in [0.15, 0.2) is 54.7 Å². The van der Waals surface area contributed by atoms with E-state index in [0.717, 1.165) is 45.3 Å². The molecule has 0 unspecified atom stereocenters. The second-order valence-electron chi connectivity index (χ2n) is 7.45. The average molecular weight is 401 g/mol. The van der Waals surface area contributed by atoms with Crippen LogP contribution in [0.25, 0.3) is 10.9 Å². The zero-order valence-electron chi connectivity index (χ0n) is 15.9. The molecule has 3 aromatic rings. The second kappa shape index (κ2) is 9.35. The van der Waals surface area contributed by atoms with Gasteiger partial charge in [0.2, 0.25) is 0 Å². The number of aromatic amines is 1. The Morgan fingerprint density at radius 3 is 2.54 bits per heavy atom. The maximum atomic E-state index is 13.0. The number of halogens is 2. The van der Waals surface area contributed by atoms with Crippen molar-refractivity contribution >= 4 is 29.1 Å². The van der Waals surface area contributed by atoms with E-state index in [1.807, 2.05) is 0 Å². The van der Waals surface area contributed by atoms with Gasteiger partial charge in [0, 0.05) is 28.6 Å². The van der Waals surface area contributed by atoms with Gasteiger partial charge >= 0.3 is 0 Å². The summed E-state index contributed by atoms with van der Waals surface area (Å²) in [5.41, 5.74) is 3.22. The van der Waals surface area contributed by atoms with Crippen LogP contribution in [-0.4, -0.2) is 35.3 Å². The number of carbonyl (C=O) groups excluding carboxylic acids is 1. The Morgan fingerprint density at radius 1 is 1.07 bits per heavy atom. The maximum Gasteiger partial charge on any atom is 0.166 e. The zero-order valence-corrected chi connectivity index (χ0v) is 16.7. The first kappa shape index (κ1) is 20.6. The van der Waals surface area contributed by atoms with Crippen LogP contribution in [0.5, 0.6) is 0 Å². The number of nitrogens with zero attached hydrogens (tertiary/aromatic N) is 1. The van der Waals surface area contributed by atoms with Gasteiger partial charge in [-0.2, -0.15) is 0 Å². The largest absolute Gasteiger partial charge is 0.361 e. The molecule has 1 fully saturated rings. The third-order valence-corrected chi connectivity index (χ3v) is 5.68. The Hall–Kier alpha value is -2.17. The first-order chi connectivity index (χ1) is 13.2. The van der Waals surface area contributed by atoms with Crippen molar-refractivity contribution in [2.45, 2.75) is 25.7 Å². The van der Waals surface area contributed by atoms with E-state index in [9.17, 15) is 9.18 Å². The Balaban J connectivity index is 0.00000225. The monoisotopic (exact) mass is 400 g/mol. The van der Waals surface area contributed by atoms with Crippen LogP contribution in [0.4, 0.5) is 4.39 Å². The molecule has 1 saturated heterocycles. The number of aromatic nitrogens is 1. The fourth-order valence-corrected chi connectivity index (χ4v) is 4.10. The summed E-state index contributed by atoms with van der Waals surface area (Å²) in [4.78, 5) is 18.4. The van der Waals surface area contributed by atoms with E-state index in [0.29, 0.717) is 5.56 Å². The molecule has 0 aliphatic carbocycles. The molecule has 2 aromatic carbocycles. The molecule has 5 heteroatoms. The molecule has 2 heterocycles. The van der Waals surface area contributed by atoms with Crippen molar-refractivity contribution in [1.29, 1.82) is 0 Å². The van der Waals surface area contributed by atoms with Crippen molar-refractivity contribution < 1.29 is 9.18 Å². The van der Waals surface area contributed by atoms with Gasteiger partial charge in [-0.05, 0) is 81.2 Å². The summed E-state index contributed by atoms with van der Waals surface area (Å²) >= 11 is 0. The van der Waals surface area contributed by atoms with E-state index in [1.165, 1.54) is 28.6 Å². The fraction of sp³-hybridized carbons (Fsp3) is 0.348. The summed E-state index contributed by atoms with van der Waals surface area (Å²) in [7, 11) is 0. The van der Waals surface area contributed by atoms with Gasteiger partial charge in [0.1, 0.15) is 5.82 Å². The van der Waals surface area contributed by atoms with E-state index < -0.39 is 0 Å². The maximum absolute atomic E-state index is 13.0. The minimum Gasteiger partial charge on any atom is -0.361 e. The number of likely N-dealkylation sites (tertiary alicyclic amines) is 1. The number of rotatable bonds is 6. The van der Waals surface area contributed by atoms with Gasteiger partial charge in [-0.3, -0.25) is 4.79 Å². The summed E-state index contributed by atoms with van der Waals surface area (Å²) in [6.45, 7) is 2.99. The quantitative estimate of drug-likeness (QED) is 0.573. The summed E-state index contributed by atoms with van der Waals surface area (Å²) in [5.74, 6) is -0.0645. The second-order valence-corrected chi connectivity index (χ2v) is 7.45. The molecule has 1 aliphatic heterocycles. The lowest BCUT2D eigenvalue weighted by Gasteiger charge is -2.31. The number of carbonyl (C=O) groups is 1. The average Bonchev–Trinajstić information content (AvgIpc) is 3.12. The molecule has 28 heavy (non-hydrogen) atoms. The summed E-state index contributed by atoms with van der Waals surface area (Å²) in [5, 5.41) is 1.32. The van der Waals surface area contributed by atoms with Gasteiger partial charge < -0.3 is 9.88 Å². The van der Waals surface area contributed by atoms with Gasteiger partial charge in [0.15, 0.2) is 5.78 Å². The molecule has 1 aliphatic rings. The van der Waals surface area contributed by atoms with E-state index in [4.69, 9.17) is 0 Å². The van der Waals surface area contributed by atoms with Crippen molar-refractivity contribution in [2.75, 3.05) is 19.6 Å². The van der Waals surface area contributed by atoms with Crippen LogP contribution in [0.1, 0.15) is 35.2 Å². The topological polar surface area (TPSA) is 36.1 Å². The van der Waals surface area contributed by atoms with E-state index in [2.05, 4.69) is 40.3 Å². The van der Waals surface area contributed by atoms with Crippen molar-refractivity contribution in [3.8, 4) is 0 Å². The minimum atomic E-state index is -0.295. The number of aryl methyl sites for hydroxylation is 1. The number of nitrogens with one attached hydrogen (secondary N) is 1. The Kier molecular flexibility index (Phi) is 6.87. The van der Waals surface area contributed by atoms with Crippen molar-refractivity contribution in [1.82, 2.24) is 9.88 Å². The highest BCUT2D eigenvalue weighted by molar-refractivity contribution is 5.97. The molecule has 1 aromatic heterocycles. The first-order valence-electron chi connectivity index (χ1n) is 9.78. The third kappa shape index (κ3) is 4.62. The standard InChI is InChI=1S/C23H25FN2O.ClH/c24-20-9-7-17(8-10-20)23(27)18-11-14-26(15-12-18)13-3-4-19-16-25-22-6-2-1-5-21(19)22;/h1-2,5-10,16,18,25H,3-4,11-15H2;1H. The molecule has 0 bridgehead atoms. The number of para-hydroxylation sites is 1. The number of hydrogen-bond donors (Lipinski definition) is 1. The molecule has 0 spiro atoms. The number of Topliss-reactive ketones (excluding diaryl/α,β-unsaturated/α-hetero) is 1.